The van der Waals surface area contributed by atoms with Gasteiger partial charge >= 0.3 is 0 Å². The van der Waals surface area contributed by atoms with Crippen molar-refractivity contribution in [3.8, 4) is 17.2 Å². The number of rotatable bonds is 7. The molecule has 1 heterocycles. The van der Waals surface area contributed by atoms with E-state index in [2.05, 4.69) is 4.72 Å². The zero-order valence-corrected chi connectivity index (χ0v) is 15.7. The van der Waals surface area contributed by atoms with E-state index in [4.69, 9.17) is 14.2 Å². The summed E-state index contributed by atoms with van der Waals surface area (Å²) in [7, 11) is -3.72. The second-order valence-electron chi connectivity index (χ2n) is 5.82. The number of hydrogen-bond donors (Lipinski definition) is 1. The van der Waals surface area contributed by atoms with Gasteiger partial charge in [-0.15, -0.1) is 0 Å². The summed E-state index contributed by atoms with van der Waals surface area (Å²) < 4.78 is 45.2. The molecule has 0 saturated heterocycles. The van der Waals surface area contributed by atoms with Crippen LogP contribution in [0.5, 0.6) is 17.2 Å². The molecule has 2 aromatic rings. The monoisotopic (exact) mass is 377 g/mol. The normalized spacial score (nSPS) is 16.5. The maximum Gasteiger partial charge on any atom is 0.241 e. The molecule has 1 unspecified atom stereocenters. The van der Waals surface area contributed by atoms with Crippen molar-refractivity contribution < 1.29 is 22.6 Å². The molecule has 0 radical (unpaired) electrons. The zero-order chi connectivity index (χ0) is 18.6. The first kappa shape index (κ1) is 18.5. The van der Waals surface area contributed by atoms with E-state index >= 15 is 0 Å². The lowest BCUT2D eigenvalue weighted by atomic mass is 10.0. The van der Waals surface area contributed by atoms with Gasteiger partial charge in [0.15, 0.2) is 11.5 Å². The quantitative estimate of drug-likeness (QED) is 0.801. The van der Waals surface area contributed by atoms with Gasteiger partial charge in [0.25, 0.3) is 0 Å². The van der Waals surface area contributed by atoms with E-state index < -0.39 is 10.0 Å². The lowest BCUT2D eigenvalue weighted by Gasteiger charge is -2.26. The first-order valence-corrected chi connectivity index (χ1v) is 10.2. The number of hydrogen-bond acceptors (Lipinski definition) is 5. The lowest BCUT2D eigenvalue weighted by molar-refractivity contribution is 0.263. The Kier molecular flexibility index (Phi) is 5.68. The predicted molar refractivity (Wildman–Crippen MR) is 98.4 cm³/mol. The molecular formula is C19H23NO5S. The molecule has 3 rings (SSSR count). The Morgan fingerprint density at radius 3 is 2.58 bits per heavy atom. The van der Waals surface area contributed by atoms with Crippen molar-refractivity contribution in [1.82, 2.24) is 4.72 Å². The first-order valence-electron chi connectivity index (χ1n) is 8.69. The van der Waals surface area contributed by atoms with Gasteiger partial charge in [-0.3, -0.25) is 0 Å². The number of benzene rings is 2. The van der Waals surface area contributed by atoms with E-state index in [0.717, 1.165) is 5.56 Å². The van der Waals surface area contributed by atoms with Crippen molar-refractivity contribution in [2.24, 2.45) is 0 Å². The Balaban J connectivity index is 1.88. The van der Waals surface area contributed by atoms with Crippen molar-refractivity contribution in [2.75, 3.05) is 19.8 Å². The molecule has 0 fully saturated rings. The molecule has 0 aliphatic carbocycles. The Morgan fingerprint density at radius 1 is 1.08 bits per heavy atom. The van der Waals surface area contributed by atoms with Gasteiger partial charge in [-0.1, -0.05) is 18.2 Å². The Morgan fingerprint density at radius 2 is 1.81 bits per heavy atom. The molecule has 2 aromatic carbocycles. The third-order valence-electron chi connectivity index (χ3n) is 4.08. The summed E-state index contributed by atoms with van der Waals surface area (Å²) in [6.07, 6.45) is 0.575. The topological polar surface area (TPSA) is 73.9 Å². The summed E-state index contributed by atoms with van der Waals surface area (Å²) >= 11 is 0. The van der Waals surface area contributed by atoms with Crippen LogP contribution in [-0.2, 0) is 10.0 Å². The fourth-order valence-electron chi connectivity index (χ4n) is 2.92. The third kappa shape index (κ3) is 3.94. The van der Waals surface area contributed by atoms with Gasteiger partial charge in [-0.2, -0.15) is 0 Å². The van der Waals surface area contributed by atoms with Crippen molar-refractivity contribution in [2.45, 2.75) is 31.2 Å². The molecule has 7 heteroatoms. The first-order chi connectivity index (χ1) is 12.5. The van der Waals surface area contributed by atoms with Crippen LogP contribution in [0.3, 0.4) is 0 Å². The predicted octanol–water partition coefficient (Wildman–Crippen LogP) is 3.29. The molecule has 6 nitrogen and oxygen atoms in total. The minimum atomic E-state index is -3.72. The van der Waals surface area contributed by atoms with E-state index in [-0.39, 0.29) is 10.9 Å². The van der Waals surface area contributed by atoms with Crippen molar-refractivity contribution in [3.05, 3.63) is 48.0 Å². The van der Waals surface area contributed by atoms with Gasteiger partial charge in [0.1, 0.15) is 5.75 Å². The second-order valence-corrected chi connectivity index (χ2v) is 7.54. The molecule has 1 aliphatic rings. The number of fused-ring (bicyclic) bond motifs is 1. The molecule has 1 N–H and O–H groups in total. The minimum absolute atomic E-state index is 0.147. The van der Waals surface area contributed by atoms with Gasteiger partial charge < -0.3 is 14.2 Å². The fourth-order valence-corrected chi connectivity index (χ4v) is 4.18. The van der Waals surface area contributed by atoms with Gasteiger partial charge in [0, 0.05) is 18.1 Å². The van der Waals surface area contributed by atoms with Crippen LogP contribution in [0.1, 0.15) is 31.9 Å². The highest BCUT2D eigenvalue weighted by molar-refractivity contribution is 7.89. The van der Waals surface area contributed by atoms with Crippen LogP contribution in [0.2, 0.25) is 0 Å². The lowest BCUT2D eigenvalue weighted by Crippen LogP contribution is -2.32. The van der Waals surface area contributed by atoms with Crippen molar-refractivity contribution in [3.63, 3.8) is 0 Å². The van der Waals surface area contributed by atoms with E-state index in [1.165, 1.54) is 12.1 Å². The van der Waals surface area contributed by atoms with E-state index in [1.807, 2.05) is 38.1 Å². The molecule has 0 saturated carbocycles. The van der Waals surface area contributed by atoms with Crippen molar-refractivity contribution in [1.29, 1.82) is 0 Å². The third-order valence-corrected chi connectivity index (χ3v) is 5.55. The largest absolute Gasteiger partial charge is 0.493 e. The molecular weight excluding hydrogens is 354 g/mol. The van der Waals surface area contributed by atoms with E-state index in [9.17, 15) is 8.42 Å². The summed E-state index contributed by atoms with van der Waals surface area (Å²) in [5, 5.41) is 0. The average Bonchev–Trinajstić information content (AvgIpc) is 2.63. The van der Waals surface area contributed by atoms with Crippen LogP contribution < -0.4 is 18.9 Å². The van der Waals surface area contributed by atoms with Gasteiger partial charge in [-0.25, -0.2) is 13.1 Å². The van der Waals surface area contributed by atoms with E-state index in [0.29, 0.717) is 43.5 Å². The number of nitrogens with one attached hydrogen (secondary N) is 1. The van der Waals surface area contributed by atoms with Crippen LogP contribution >= 0.6 is 0 Å². The molecule has 1 aliphatic heterocycles. The Bertz CT molecular complexity index is 866. The fraction of sp³-hybridized carbons (Fsp3) is 0.368. The maximum absolute atomic E-state index is 12.9. The van der Waals surface area contributed by atoms with Crippen LogP contribution in [0.4, 0.5) is 0 Å². The molecule has 0 amide bonds. The number of para-hydroxylation sites is 1. The van der Waals surface area contributed by atoms with Crippen LogP contribution in [0.15, 0.2) is 47.4 Å². The summed E-state index contributed by atoms with van der Waals surface area (Å²) in [5.41, 5.74) is 0.846. The summed E-state index contributed by atoms with van der Waals surface area (Å²) in [6, 6.07) is 11.8. The maximum atomic E-state index is 12.9. The molecule has 26 heavy (non-hydrogen) atoms. The molecule has 0 bridgehead atoms. The van der Waals surface area contributed by atoms with Gasteiger partial charge in [0.05, 0.1) is 30.8 Å². The summed E-state index contributed by atoms with van der Waals surface area (Å²) in [5.74, 6) is 1.67. The standard InChI is InChI=1S/C19H23NO5S/c1-3-23-18-10-9-14(13-19(18)24-4-2)26(21,22)20-16-11-12-25-17-8-6-5-7-15(16)17/h5-10,13,16,20H,3-4,11-12H2,1-2H3. The molecule has 0 aromatic heterocycles. The molecule has 140 valence electrons. The smallest absolute Gasteiger partial charge is 0.241 e. The number of ether oxygens (including phenoxy) is 3. The number of sulfonamides is 1. The highest BCUT2D eigenvalue weighted by Crippen LogP contribution is 2.34. The molecule has 1 atom stereocenters. The SMILES string of the molecule is CCOc1ccc(S(=O)(=O)NC2CCOc3ccccc32)cc1OCC. The second kappa shape index (κ2) is 7.97. The summed E-state index contributed by atoms with van der Waals surface area (Å²) in [4.78, 5) is 0.147. The Labute approximate surface area is 154 Å². The average molecular weight is 377 g/mol. The van der Waals surface area contributed by atoms with Crippen molar-refractivity contribution >= 4 is 10.0 Å². The van der Waals surface area contributed by atoms with Gasteiger partial charge in [0.2, 0.25) is 10.0 Å². The van der Waals surface area contributed by atoms with Gasteiger partial charge in [-0.05, 0) is 32.0 Å². The summed E-state index contributed by atoms with van der Waals surface area (Å²) in [6.45, 7) is 5.07. The van der Waals surface area contributed by atoms with Crippen LogP contribution in [0, 0.1) is 0 Å². The van der Waals surface area contributed by atoms with Crippen LogP contribution in [0.25, 0.3) is 0 Å². The minimum Gasteiger partial charge on any atom is -0.493 e. The Hall–Kier alpha value is -2.25. The van der Waals surface area contributed by atoms with E-state index in [1.54, 1.807) is 6.07 Å². The molecule has 0 spiro atoms. The highest BCUT2D eigenvalue weighted by Gasteiger charge is 2.27. The zero-order valence-electron chi connectivity index (χ0n) is 14.9. The van der Waals surface area contributed by atoms with Crippen LogP contribution in [-0.4, -0.2) is 28.2 Å². The highest BCUT2D eigenvalue weighted by atomic mass is 32.2.